The van der Waals surface area contributed by atoms with Gasteiger partial charge in [0.1, 0.15) is 6.61 Å². The molecule has 12 nitrogen and oxygen atoms in total. The molecule has 1 aliphatic rings. The predicted molar refractivity (Wildman–Crippen MR) is 253 cm³/mol. The highest BCUT2D eigenvalue weighted by Crippen LogP contribution is 2.36. The third-order valence-corrected chi connectivity index (χ3v) is 12.2. The molecule has 0 fully saturated rings. The van der Waals surface area contributed by atoms with Crippen LogP contribution in [0, 0.1) is 0 Å². The summed E-state index contributed by atoms with van der Waals surface area (Å²) < 4.78 is 12.4. The van der Waals surface area contributed by atoms with E-state index in [1.165, 1.54) is 11.1 Å². The van der Waals surface area contributed by atoms with Gasteiger partial charge in [-0.2, -0.15) is 4.98 Å². The van der Waals surface area contributed by atoms with E-state index in [0.29, 0.717) is 57.3 Å². The molecule has 1 aliphatic carbocycles. The molecular formula is C46H46Cl2N8O4S2. The van der Waals surface area contributed by atoms with Crippen LogP contribution in [-0.4, -0.2) is 93.9 Å². The van der Waals surface area contributed by atoms with Crippen LogP contribution in [-0.2, 0) is 28.9 Å². The summed E-state index contributed by atoms with van der Waals surface area (Å²) >= 11 is 19.5. The first-order valence-corrected chi connectivity index (χ1v) is 22.4. The van der Waals surface area contributed by atoms with E-state index in [2.05, 4.69) is 49.8 Å². The van der Waals surface area contributed by atoms with Crippen molar-refractivity contribution >= 4 is 86.8 Å². The van der Waals surface area contributed by atoms with Crippen molar-refractivity contribution in [2.45, 2.75) is 43.5 Å². The van der Waals surface area contributed by atoms with Gasteiger partial charge in [-0.1, -0.05) is 65.8 Å². The lowest BCUT2D eigenvalue weighted by Gasteiger charge is -2.20. The molecule has 0 saturated carbocycles. The maximum Gasteiger partial charge on any atom is 0.336 e. The lowest BCUT2D eigenvalue weighted by molar-refractivity contribution is -0.110. The van der Waals surface area contributed by atoms with Crippen LogP contribution in [0.5, 0.6) is 6.01 Å². The largest absolute Gasteiger partial charge is 0.460 e. The third kappa shape index (κ3) is 11.6. The van der Waals surface area contributed by atoms with Crippen molar-refractivity contribution < 1.29 is 19.1 Å². The minimum atomic E-state index is -0.509. The van der Waals surface area contributed by atoms with E-state index in [9.17, 15) is 9.59 Å². The average Bonchev–Trinajstić information content (AvgIpc) is 3.71. The molecule has 16 heteroatoms. The van der Waals surface area contributed by atoms with Crippen LogP contribution in [0.3, 0.4) is 0 Å². The molecule has 0 radical (unpaired) electrons. The number of aliphatic imine (C=N–C) groups is 1. The first-order valence-electron chi connectivity index (χ1n) is 20.3. The van der Waals surface area contributed by atoms with Crippen molar-refractivity contribution in [2.24, 2.45) is 4.99 Å². The number of anilines is 1. The third-order valence-electron chi connectivity index (χ3n) is 10.1. The average molecular weight is 910 g/mol. The maximum atomic E-state index is 13.3. The number of carbonyl (C=O) groups excluding carboxylic acids is 2. The lowest BCUT2D eigenvalue weighted by Crippen LogP contribution is -2.28. The van der Waals surface area contributed by atoms with Gasteiger partial charge in [0, 0.05) is 65.0 Å². The van der Waals surface area contributed by atoms with Gasteiger partial charge in [0.15, 0.2) is 10.8 Å². The Morgan fingerprint density at radius 3 is 2.56 bits per heavy atom. The van der Waals surface area contributed by atoms with Gasteiger partial charge in [0.2, 0.25) is 0 Å². The van der Waals surface area contributed by atoms with Crippen LogP contribution in [0.25, 0.3) is 28.0 Å². The number of nitrogens with zero attached hydrogens (tertiary/aromatic N) is 6. The molecule has 320 valence electrons. The number of thioether (sulfide) groups is 1. The quantitative estimate of drug-likeness (QED) is 0.0395. The summed E-state index contributed by atoms with van der Waals surface area (Å²) in [5.74, 6) is 0.335. The molecule has 7 rings (SSSR count). The number of pyridine rings is 1. The number of carbonyl (C=O) groups is 2. The van der Waals surface area contributed by atoms with Crippen LogP contribution >= 0.6 is 47.2 Å². The zero-order valence-corrected chi connectivity index (χ0v) is 37.5. The van der Waals surface area contributed by atoms with Crippen LogP contribution in [0.2, 0.25) is 10.0 Å². The zero-order chi connectivity index (χ0) is 43.4. The number of fused-ring (bicyclic) bond motifs is 2. The number of hydrogen-bond acceptors (Lipinski definition) is 10. The second-order valence-electron chi connectivity index (χ2n) is 14.7. The molecule has 62 heavy (non-hydrogen) atoms. The van der Waals surface area contributed by atoms with Gasteiger partial charge in [0.05, 0.1) is 27.9 Å². The number of halogens is 2. The van der Waals surface area contributed by atoms with Gasteiger partial charge in [-0.25, -0.2) is 9.67 Å². The summed E-state index contributed by atoms with van der Waals surface area (Å²) in [5, 5.41) is 12.2. The van der Waals surface area contributed by atoms with E-state index in [1.54, 1.807) is 72.2 Å². The molecule has 2 heterocycles. The van der Waals surface area contributed by atoms with Gasteiger partial charge < -0.3 is 25.0 Å². The standard InChI is InChI=1S/C46H46Cl2N8O4S2/c1-55(29-30-9-4-3-5-10-30)23-8-21-49-43(57)32-14-20-40-36(27-32)41(35-11-6-7-12-39(35)52-40)62-26-22-50-45(61)44(58)51-33-15-17-34(18-16-33)56-42(31-13-19-37(47)38(48)28-31)53-46(54-56)60-25-24-59-2/h3-5,9-10,13-20,22,27-28H,6-8,11-12,21,23-26,29H2,1-2H3,(H,49,57)(H,51,58)/b50-22+. The van der Waals surface area contributed by atoms with Crippen molar-refractivity contribution in [1.82, 2.24) is 30.0 Å². The number of ether oxygens (including phenoxy) is 2. The minimum Gasteiger partial charge on any atom is -0.460 e. The summed E-state index contributed by atoms with van der Waals surface area (Å²) in [4.78, 5) is 43.6. The number of methoxy groups -OCH3 is 1. The summed E-state index contributed by atoms with van der Waals surface area (Å²) in [5.41, 5.74) is 6.90. The second-order valence-corrected chi connectivity index (χ2v) is 16.9. The van der Waals surface area contributed by atoms with E-state index in [1.807, 2.05) is 36.4 Å². The van der Waals surface area contributed by atoms with Gasteiger partial charge in [-0.05, 0) is 117 Å². The van der Waals surface area contributed by atoms with E-state index in [-0.39, 0.29) is 23.5 Å². The molecule has 2 aromatic heterocycles. The number of amides is 2. The molecule has 0 unspecified atom stereocenters. The van der Waals surface area contributed by atoms with Crippen LogP contribution in [0.15, 0.2) is 101 Å². The molecule has 0 spiro atoms. The first-order chi connectivity index (χ1) is 30.2. The smallest absolute Gasteiger partial charge is 0.336 e. The molecule has 0 aliphatic heterocycles. The number of aromatic nitrogens is 4. The molecular weight excluding hydrogens is 864 g/mol. The maximum absolute atomic E-state index is 13.3. The van der Waals surface area contributed by atoms with Crippen molar-refractivity contribution in [2.75, 3.05) is 51.5 Å². The minimum absolute atomic E-state index is 0.0995. The lowest BCUT2D eigenvalue weighted by atomic mass is 9.94. The summed E-state index contributed by atoms with van der Waals surface area (Å²) in [7, 11) is 3.68. The van der Waals surface area contributed by atoms with Gasteiger partial charge in [0.25, 0.3) is 11.8 Å². The summed E-state index contributed by atoms with van der Waals surface area (Å²) in [6, 6.07) is 28.5. The Kier molecular flexibility index (Phi) is 15.7. The van der Waals surface area contributed by atoms with Crippen molar-refractivity contribution in [1.29, 1.82) is 0 Å². The van der Waals surface area contributed by atoms with Gasteiger partial charge >= 0.3 is 6.01 Å². The Balaban J connectivity index is 0.968. The number of rotatable bonds is 17. The number of hydrogen-bond donors (Lipinski definition) is 2. The molecule has 4 aromatic carbocycles. The number of thiocarbonyl (C=S) groups is 1. The zero-order valence-electron chi connectivity index (χ0n) is 34.4. The molecule has 2 N–H and O–H groups in total. The Morgan fingerprint density at radius 2 is 1.77 bits per heavy atom. The van der Waals surface area contributed by atoms with E-state index >= 15 is 0 Å². The fourth-order valence-electron chi connectivity index (χ4n) is 7.06. The summed E-state index contributed by atoms with van der Waals surface area (Å²) in [6.45, 7) is 2.95. The highest BCUT2D eigenvalue weighted by molar-refractivity contribution is 8.00. The Labute approximate surface area is 380 Å². The van der Waals surface area contributed by atoms with Crippen molar-refractivity contribution in [3.63, 3.8) is 0 Å². The first kappa shape index (κ1) is 44.8. The Bertz CT molecular complexity index is 2570. The normalized spacial score (nSPS) is 12.5. The van der Waals surface area contributed by atoms with E-state index in [0.717, 1.165) is 66.7 Å². The Morgan fingerprint density at radius 1 is 0.968 bits per heavy atom. The van der Waals surface area contributed by atoms with Crippen molar-refractivity contribution in [3.8, 4) is 23.1 Å². The predicted octanol–water partition coefficient (Wildman–Crippen LogP) is 9.07. The number of benzene rings is 4. The highest BCUT2D eigenvalue weighted by atomic mass is 35.5. The summed E-state index contributed by atoms with van der Waals surface area (Å²) in [6.07, 6.45) is 6.50. The molecule has 6 aromatic rings. The monoisotopic (exact) mass is 908 g/mol. The van der Waals surface area contributed by atoms with Gasteiger partial charge in [-0.3, -0.25) is 14.6 Å². The fraction of sp³-hybridized carbons (Fsp3) is 0.283. The van der Waals surface area contributed by atoms with Crippen LogP contribution in [0.1, 0.15) is 46.4 Å². The van der Waals surface area contributed by atoms with Gasteiger partial charge in [-0.15, -0.1) is 16.9 Å². The number of aryl methyl sites for hydroxylation is 1. The number of nitrogens with one attached hydrogen (secondary N) is 2. The van der Waals surface area contributed by atoms with E-state index < -0.39 is 5.91 Å². The second kappa shape index (κ2) is 21.7. The molecule has 2 amide bonds. The SMILES string of the molecule is COCCOc1nc(-c2ccc(Cl)c(Cl)c2)n(-c2ccc(NC(=O)C(=S)/N=C/CSc3c4c(nc5ccc(C(=O)NCCCN(C)Cc6ccccc6)cc35)CCCC4)cc2)n1. The van der Waals surface area contributed by atoms with Crippen LogP contribution < -0.4 is 15.4 Å². The molecule has 0 saturated heterocycles. The molecule has 0 bridgehead atoms. The Hall–Kier alpha value is -5.22. The topological polar surface area (TPSA) is 136 Å². The van der Waals surface area contributed by atoms with Crippen molar-refractivity contribution in [3.05, 3.63) is 123 Å². The van der Waals surface area contributed by atoms with E-state index in [4.69, 9.17) is 49.9 Å². The molecule has 0 atom stereocenters. The highest BCUT2D eigenvalue weighted by Gasteiger charge is 2.21. The fourth-order valence-corrected chi connectivity index (χ4v) is 8.51. The van der Waals surface area contributed by atoms with Crippen LogP contribution in [0.4, 0.5) is 5.69 Å².